The minimum absolute atomic E-state index is 0.157. The van der Waals surface area contributed by atoms with Crippen molar-refractivity contribution in [2.75, 3.05) is 13.2 Å². The summed E-state index contributed by atoms with van der Waals surface area (Å²) in [5.41, 5.74) is 0. The molecule has 0 unspecified atom stereocenters. The van der Waals surface area contributed by atoms with Crippen molar-refractivity contribution in [2.45, 2.75) is 47.1 Å². The first-order valence-corrected chi connectivity index (χ1v) is 5.12. The zero-order valence-corrected chi connectivity index (χ0v) is 9.15. The highest BCUT2D eigenvalue weighted by atomic mass is 19.1. The topological polar surface area (TPSA) is 12.0 Å². The first-order valence-electron chi connectivity index (χ1n) is 5.12. The Kier molecular flexibility index (Phi) is 13.1. The average Bonchev–Trinajstić information content (AvgIpc) is 2.58. The third-order valence-corrected chi connectivity index (χ3v) is 1.63. The third kappa shape index (κ3) is 6.59. The molecule has 1 heterocycles. The maximum atomic E-state index is 11.8. The minimum Gasteiger partial charge on any atom is -0.311 e. The molecule has 0 aliphatic carbocycles. The van der Waals surface area contributed by atoms with Crippen molar-refractivity contribution in [2.24, 2.45) is 5.92 Å². The van der Waals surface area contributed by atoms with E-state index in [9.17, 15) is 4.39 Å². The zero-order chi connectivity index (χ0) is 9.98. The monoisotopic (exact) mass is 177 g/mol. The van der Waals surface area contributed by atoms with Gasteiger partial charge in [-0.15, -0.1) is 0 Å². The molecule has 1 rings (SSSR count). The molecule has 0 radical (unpaired) electrons. The molecule has 0 spiro atoms. The van der Waals surface area contributed by atoms with Crippen LogP contribution in [0.3, 0.4) is 0 Å². The van der Waals surface area contributed by atoms with Crippen LogP contribution in [0.2, 0.25) is 0 Å². The molecule has 1 aliphatic heterocycles. The van der Waals surface area contributed by atoms with Crippen LogP contribution < -0.4 is 5.32 Å². The van der Waals surface area contributed by atoms with E-state index in [0.717, 1.165) is 13.0 Å². The van der Waals surface area contributed by atoms with Crippen molar-refractivity contribution in [1.82, 2.24) is 5.32 Å². The van der Waals surface area contributed by atoms with E-state index in [4.69, 9.17) is 0 Å². The van der Waals surface area contributed by atoms with Crippen molar-refractivity contribution < 1.29 is 4.39 Å². The summed E-state index contributed by atoms with van der Waals surface area (Å²) < 4.78 is 11.8. The SMILES string of the molecule is CC.CC.C[C@H]1CN[C@H](CF)C1. The molecule has 0 aromatic heterocycles. The summed E-state index contributed by atoms with van der Waals surface area (Å²) in [6.07, 6.45) is 1.01. The van der Waals surface area contributed by atoms with Crippen LogP contribution in [-0.2, 0) is 0 Å². The molecule has 1 aliphatic rings. The van der Waals surface area contributed by atoms with Crippen LogP contribution in [0.5, 0.6) is 0 Å². The van der Waals surface area contributed by atoms with Gasteiger partial charge < -0.3 is 5.32 Å². The Morgan fingerprint density at radius 3 is 1.92 bits per heavy atom. The van der Waals surface area contributed by atoms with E-state index in [-0.39, 0.29) is 12.7 Å². The summed E-state index contributed by atoms with van der Waals surface area (Å²) in [7, 11) is 0. The molecule has 1 saturated heterocycles. The Hall–Kier alpha value is -0.110. The normalized spacial score (nSPS) is 26.5. The molecule has 0 aromatic rings. The lowest BCUT2D eigenvalue weighted by atomic mass is 10.1. The van der Waals surface area contributed by atoms with Crippen LogP contribution in [0.25, 0.3) is 0 Å². The van der Waals surface area contributed by atoms with Crippen molar-refractivity contribution >= 4 is 0 Å². The van der Waals surface area contributed by atoms with Gasteiger partial charge >= 0.3 is 0 Å². The molecule has 0 aromatic carbocycles. The van der Waals surface area contributed by atoms with Gasteiger partial charge in [-0.05, 0) is 18.9 Å². The highest BCUT2D eigenvalue weighted by molar-refractivity contribution is 4.77. The molecule has 0 bridgehead atoms. The number of alkyl halides is 1. The average molecular weight is 177 g/mol. The van der Waals surface area contributed by atoms with E-state index in [0.29, 0.717) is 5.92 Å². The largest absolute Gasteiger partial charge is 0.311 e. The van der Waals surface area contributed by atoms with Crippen molar-refractivity contribution in [3.05, 3.63) is 0 Å². The maximum Gasteiger partial charge on any atom is 0.105 e. The van der Waals surface area contributed by atoms with E-state index in [2.05, 4.69) is 12.2 Å². The number of hydrogen-bond acceptors (Lipinski definition) is 1. The Balaban J connectivity index is 0. The summed E-state index contributed by atoms with van der Waals surface area (Å²) >= 11 is 0. The van der Waals surface area contributed by atoms with Gasteiger partial charge in [0.2, 0.25) is 0 Å². The molecule has 1 N–H and O–H groups in total. The van der Waals surface area contributed by atoms with Gasteiger partial charge in [-0.1, -0.05) is 34.6 Å². The Morgan fingerprint density at radius 2 is 1.75 bits per heavy atom. The number of hydrogen-bond donors (Lipinski definition) is 1. The lowest BCUT2D eigenvalue weighted by molar-refractivity contribution is 0.401. The zero-order valence-electron chi connectivity index (χ0n) is 9.15. The van der Waals surface area contributed by atoms with Gasteiger partial charge in [-0.3, -0.25) is 0 Å². The second kappa shape index (κ2) is 10.9. The van der Waals surface area contributed by atoms with Crippen LogP contribution in [-0.4, -0.2) is 19.3 Å². The van der Waals surface area contributed by atoms with Crippen molar-refractivity contribution in [1.29, 1.82) is 0 Å². The van der Waals surface area contributed by atoms with Crippen LogP contribution in [0.1, 0.15) is 41.0 Å². The van der Waals surface area contributed by atoms with Gasteiger partial charge in [0.25, 0.3) is 0 Å². The van der Waals surface area contributed by atoms with Crippen LogP contribution in [0.15, 0.2) is 0 Å². The number of nitrogens with one attached hydrogen (secondary N) is 1. The highest BCUT2D eigenvalue weighted by Gasteiger charge is 2.19. The standard InChI is InChI=1S/C6H12FN.2C2H6/c1-5-2-6(3-7)8-4-5;2*1-2/h5-6,8H,2-4H2,1H3;2*1-2H3/t5-,6+;;/m1../s1. The Morgan fingerprint density at radius 1 is 1.25 bits per heavy atom. The minimum atomic E-state index is -0.204. The van der Waals surface area contributed by atoms with Gasteiger partial charge in [0.15, 0.2) is 0 Å². The lowest BCUT2D eigenvalue weighted by Gasteiger charge is -2.00. The Bertz CT molecular complexity index is 76.2. The number of rotatable bonds is 1. The van der Waals surface area contributed by atoms with E-state index >= 15 is 0 Å². The lowest BCUT2D eigenvalue weighted by Crippen LogP contribution is -2.22. The van der Waals surface area contributed by atoms with E-state index in [1.165, 1.54) is 0 Å². The molecule has 1 nitrogen and oxygen atoms in total. The molecule has 0 amide bonds. The molecular weight excluding hydrogens is 153 g/mol. The van der Waals surface area contributed by atoms with Gasteiger partial charge in [0.05, 0.1) is 0 Å². The van der Waals surface area contributed by atoms with Gasteiger partial charge in [-0.25, -0.2) is 4.39 Å². The predicted octanol–water partition coefficient (Wildman–Crippen LogP) is 3.01. The molecule has 2 heteroatoms. The highest BCUT2D eigenvalue weighted by Crippen LogP contribution is 2.12. The second-order valence-corrected chi connectivity index (χ2v) is 2.60. The van der Waals surface area contributed by atoms with Gasteiger partial charge in [0, 0.05) is 6.04 Å². The van der Waals surface area contributed by atoms with Crippen molar-refractivity contribution in [3.8, 4) is 0 Å². The van der Waals surface area contributed by atoms with Crippen LogP contribution >= 0.6 is 0 Å². The molecule has 12 heavy (non-hydrogen) atoms. The van der Waals surface area contributed by atoms with Gasteiger partial charge in [0.1, 0.15) is 6.67 Å². The molecular formula is C10H24FN. The smallest absolute Gasteiger partial charge is 0.105 e. The van der Waals surface area contributed by atoms with E-state index in [1.54, 1.807) is 0 Å². The van der Waals surface area contributed by atoms with Crippen molar-refractivity contribution in [3.63, 3.8) is 0 Å². The first kappa shape index (κ1) is 14.4. The fourth-order valence-corrected chi connectivity index (χ4v) is 1.14. The van der Waals surface area contributed by atoms with E-state index in [1.807, 2.05) is 27.7 Å². The fraction of sp³-hybridized carbons (Fsp3) is 1.00. The second-order valence-electron chi connectivity index (χ2n) is 2.60. The molecule has 2 atom stereocenters. The summed E-state index contributed by atoms with van der Waals surface area (Å²) in [6, 6.07) is 0.157. The first-order chi connectivity index (χ1) is 5.83. The summed E-state index contributed by atoms with van der Waals surface area (Å²) in [4.78, 5) is 0. The summed E-state index contributed by atoms with van der Waals surface area (Å²) in [5, 5.41) is 3.08. The quantitative estimate of drug-likeness (QED) is 0.649. The van der Waals surface area contributed by atoms with Crippen LogP contribution in [0, 0.1) is 5.92 Å². The third-order valence-electron chi connectivity index (χ3n) is 1.63. The predicted molar refractivity (Wildman–Crippen MR) is 54.2 cm³/mol. The Labute approximate surface area is 76.7 Å². The molecule has 76 valence electrons. The fourth-order valence-electron chi connectivity index (χ4n) is 1.14. The number of halogens is 1. The van der Waals surface area contributed by atoms with Gasteiger partial charge in [-0.2, -0.15) is 0 Å². The van der Waals surface area contributed by atoms with Crippen LogP contribution in [0.4, 0.5) is 4.39 Å². The summed E-state index contributed by atoms with van der Waals surface area (Å²) in [5.74, 6) is 0.677. The van der Waals surface area contributed by atoms with E-state index < -0.39 is 0 Å². The maximum absolute atomic E-state index is 11.8. The molecule has 1 fully saturated rings. The molecule has 0 saturated carbocycles. The summed E-state index contributed by atoms with van der Waals surface area (Å²) in [6.45, 7) is 10.9.